The molecule has 0 fully saturated rings. The molecule has 104 valence electrons. The van der Waals surface area contributed by atoms with Crippen LogP contribution in [0.25, 0.3) is 0 Å². The van der Waals surface area contributed by atoms with E-state index in [1.54, 1.807) is 31.4 Å². The Labute approximate surface area is 120 Å². The van der Waals surface area contributed by atoms with E-state index >= 15 is 0 Å². The van der Waals surface area contributed by atoms with Crippen molar-refractivity contribution in [3.05, 3.63) is 47.0 Å². The van der Waals surface area contributed by atoms with Gasteiger partial charge in [-0.3, -0.25) is 0 Å². The molecule has 2 aromatic rings. The lowest BCUT2D eigenvalue weighted by molar-refractivity contribution is 0.0694. The summed E-state index contributed by atoms with van der Waals surface area (Å²) in [6.07, 6.45) is 0. The minimum Gasteiger partial charge on any atom is -0.497 e. The number of hydrogen-bond acceptors (Lipinski definition) is 4. The van der Waals surface area contributed by atoms with Crippen LogP contribution in [0, 0.1) is 0 Å². The number of benzene rings is 2. The molecule has 0 unspecified atom stereocenters. The second-order valence-electron chi connectivity index (χ2n) is 3.96. The largest absolute Gasteiger partial charge is 0.497 e. The van der Waals surface area contributed by atoms with Crippen LogP contribution in [0.4, 0.5) is 5.69 Å². The summed E-state index contributed by atoms with van der Waals surface area (Å²) in [6, 6.07) is 9.43. The smallest absolute Gasteiger partial charge is 0.339 e. The van der Waals surface area contributed by atoms with Gasteiger partial charge < -0.3 is 20.3 Å². The Balaban J connectivity index is 2.39. The molecule has 0 radical (unpaired) electrons. The highest BCUT2D eigenvalue weighted by Crippen LogP contribution is 2.35. The molecule has 0 amide bonds. The van der Waals surface area contributed by atoms with E-state index in [-0.39, 0.29) is 22.0 Å². The maximum Gasteiger partial charge on any atom is 0.339 e. The van der Waals surface area contributed by atoms with Crippen LogP contribution in [0.2, 0.25) is 5.02 Å². The van der Waals surface area contributed by atoms with Gasteiger partial charge in [0.1, 0.15) is 17.1 Å². The highest BCUT2D eigenvalue weighted by molar-refractivity contribution is 6.33. The van der Waals surface area contributed by atoms with Crippen molar-refractivity contribution in [1.29, 1.82) is 0 Å². The Morgan fingerprint density at radius 1 is 1.20 bits per heavy atom. The molecule has 6 heteroatoms. The molecular formula is C14H12ClNO4. The van der Waals surface area contributed by atoms with Gasteiger partial charge in [-0.2, -0.15) is 0 Å². The molecule has 0 atom stereocenters. The number of hydrogen-bond donors (Lipinski definition) is 2. The van der Waals surface area contributed by atoms with Crippen LogP contribution in [0.5, 0.6) is 17.2 Å². The van der Waals surface area contributed by atoms with Crippen molar-refractivity contribution in [2.24, 2.45) is 0 Å². The van der Waals surface area contributed by atoms with Crippen molar-refractivity contribution in [3.8, 4) is 17.2 Å². The third-order valence-electron chi connectivity index (χ3n) is 2.58. The van der Waals surface area contributed by atoms with Crippen molar-refractivity contribution in [2.75, 3.05) is 12.8 Å². The average Bonchev–Trinajstić information content (AvgIpc) is 2.42. The number of carbonyl (C=O) groups is 1. The number of rotatable bonds is 4. The van der Waals surface area contributed by atoms with Gasteiger partial charge in [0.25, 0.3) is 0 Å². The highest BCUT2D eigenvalue weighted by Gasteiger charge is 2.17. The molecule has 0 aliphatic rings. The molecule has 0 heterocycles. The third-order valence-corrected chi connectivity index (χ3v) is 2.86. The summed E-state index contributed by atoms with van der Waals surface area (Å²) < 4.78 is 10.6. The van der Waals surface area contributed by atoms with Gasteiger partial charge in [0.15, 0.2) is 5.75 Å². The molecule has 20 heavy (non-hydrogen) atoms. The van der Waals surface area contributed by atoms with Crippen LogP contribution in [0.3, 0.4) is 0 Å². The van der Waals surface area contributed by atoms with Crippen LogP contribution in [-0.4, -0.2) is 18.2 Å². The van der Waals surface area contributed by atoms with Crippen molar-refractivity contribution in [2.45, 2.75) is 0 Å². The van der Waals surface area contributed by atoms with Crippen molar-refractivity contribution in [3.63, 3.8) is 0 Å². The number of aromatic carboxylic acids is 1. The maximum atomic E-state index is 11.2. The van der Waals surface area contributed by atoms with Crippen molar-refractivity contribution < 1.29 is 19.4 Å². The summed E-state index contributed by atoms with van der Waals surface area (Å²) in [6.45, 7) is 0. The lowest BCUT2D eigenvalue weighted by atomic mass is 10.2. The monoisotopic (exact) mass is 293 g/mol. The maximum absolute atomic E-state index is 11.2. The van der Waals surface area contributed by atoms with Crippen LogP contribution >= 0.6 is 11.6 Å². The molecule has 2 rings (SSSR count). The number of methoxy groups -OCH3 is 1. The van der Waals surface area contributed by atoms with Gasteiger partial charge >= 0.3 is 5.97 Å². The summed E-state index contributed by atoms with van der Waals surface area (Å²) in [5.74, 6) is 0.000396. The van der Waals surface area contributed by atoms with Crippen LogP contribution in [-0.2, 0) is 0 Å². The summed E-state index contributed by atoms with van der Waals surface area (Å²) in [7, 11) is 1.55. The molecular weight excluding hydrogens is 282 g/mol. The van der Waals surface area contributed by atoms with Gasteiger partial charge in [0.2, 0.25) is 0 Å². The molecule has 5 nitrogen and oxygen atoms in total. The van der Waals surface area contributed by atoms with Gasteiger partial charge in [-0.1, -0.05) is 11.6 Å². The molecule has 0 aliphatic carbocycles. The van der Waals surface area contributed by atoms with Gasteiger partial charge in [0, 0.05) is 5.69 Å². The van der Waals surface area contributed by atoms with Crippen LogP contribution in [0.15, 0.2) is 36.4 Å². The zero-order valence-corrected chi connectivity index (χ0v) is 11.3. The average molecular weight is 294 g/mol. The lowest BCUT2D eigenvalue weighted by Crippen LogP contribution is -2.02. The number of halogens is 1. The predicted molar refractivity (Wildman–Crippen MR) is 75.9 cm³/mol. The van der Waals surface area contributed by atoms with Gasteiger partial charge in [-0.25, -0.2) is 4.79 Å². The second kappa shape index (κ2) is 5.71. The quantitative estimate of drug-likeness (QED) is 0.844. The zero-order chi connectivity index (χ0) is 14.7. The lowest BCUT2D eigenvalue weighted by Gasteiger charge is -2.12. The molecule has 0 aromatic heterocycles. The predicted octanol–water partition coefficient (Wildman–Crippen LogP) is 3.42. The molecule has 0 saturated heterocycles. The Morgan fingerprint density at radius 3 is 2.35 bits per heavy atom. The van der Waals surface area contributed by atoms with E-state index in [0.29, 0.717) is 11.5 Å². The van der Waals surface area contributed by atoms with E-state index < -0.39 is 5.97 Å². The van der Waals surface area contributed by atoms with E-state index in [1.165, 1.54) is 12.1 Å². The molecule has 3 N–H and O–H groups in total. The van der Waals surface area contributed by atoms with E-state index in [1.807, 2.05) is 0 Å². The second-order valence-corrected chi connectivity index (χ2v) is 4.37. The van der Waals surface area contributed by atoms with Crippen LogP contribution in [0.1, 0.15) is 10.4 Å². The minimum atomic E-state index is -1.16. The number of ether oxygens (including phenoxy) is 2. The molecule has 0 bridgehead atoms. The molecule has 0 aliphatic heterocycles. The van der Waals surface area contributed by atoms with Gasteiger partial charge in [-0.15, -0.1) is 0 Å². The Bertz CT molecular complexity index is 640. The van der Waals surface area contributed by atoms with Crippen molar-refractivity contribution in [1.82, 2.24) is 0 Å². The summed E-state index contributed by atoms with van der Waals surface area (Å²) in [4.78, 5) is 11.2. The number of anilines is 1. The first kappa shape index (κ1) is 14.0. The molecule has 0 saturated carbocycles. The normalized spacial score (nSPS) is 10.1. The highest BCUT2D eigenvalue weighted by atomic mass is 35.5. The van der Waals surface area contributed by atoms with Gasteiger partial charge in [0.05, 0.1) is 12.1 Å². The van der Waals surface area contributed by atoms with E-state index in [4.69, 9.17) is 31.9 Å². The number of carboxylic acid groups (broad SMARTS) is 1. The SMILES string of the molecule is COc1ccc(Oc2c(Cl)cc(N)cc2C(=O)O)cc1. The fraction of sp³-hybridized carbons (Fsp3) is 0.0714. The molecule has 2 aromatic carbocycles. The fourth-order valence-corrected chi connectivity index (χ4v) is 1.90. The van der Waals surface area contributed by atoms with E-state index in [2.05, 4.69) is 0 Å². The summed E-state index contributed by atoms with van der Waals surface area (Å²) >= 11 is 5.99. The zero-order valence-electron chi connectivity index (χ0n) is 10.6. The third kappa shape index (κ3) is 2.95. The number of nitrogen functional groups attached to an aromatic ring is 1. The first-order chi connectivity index (χ1) is 9.51. The van der Waals surface area contributed by atoms with Gasteiger partial charge in [-0.05, 0) is 36.4 Å². The number of nitrogens with two attached hydrogens (primary N) is 1. The summed E-state index contributed by atoms with van der Waals surface area (Å²) in [5, 5.41) is 9.30. The Morgan fingerprint density at radius 2 is 1.80 bits per heavy atom. The van der Waals surface area contributed by atoms with E-state index in [0.717, 1.165) is 0 Å². The summed E-state index contributed by atoms with van der Waals surface area (Å²) in [5.41, 5.74) is 5.74. The first-order valence-corrected chi connectivity index (χ1v) is 6.03. The standard InChI is InChI=1S/C14H12ClNO4/c1-19-9-2-4-10(5-3-9)20-13-11(14(17)18)6-8(16)7-12(13)15/h2-7H,16H2,1H3,(H,17,18). The fourth-order valence-electron chi connectivity index (χ4n) is 1.64. The first-order valence-electron chi connectivity index (χ1n) is 5.65. The van der Waals surface area contributed by atoms with E-state index in [9.17, 15) is 4.79 Å². The van der Waals surface area contributed by atoms with Crippen molar-refractivity contribution >= 4 is 23.3 Å². The van der Waals surface area contributed by atoms with Crippen LogP contribution < -0.4 is 15.2 Å². The number of carboxylic acids is 1. The topological polar surface area (TPSA) is 81.8 Å². The minimum absolute atomic E-state index is 0.0542. The Hall–Kier alpha value is -2.40. The Kier molecular flexibility index (Phi) is 4.00. The molecule has 0 spiro atoms.